The number of nitrogens with one attached hydrogen (secondary N) is 1. The van der Waals surface area contributed by atoms with Gasteiger partial charge in [-0.3, -0.25) is 9.36 Å². The van der Waals surface area contributed by atoms with Gasteiger partial charge in [0.2, 0.25) is 5.91 Å². The van der Waals surface area contributed by atoms with Crippen LogP contribution in [-0.2, 0) is 11.3 Å². The summed E-state index contributed by atoms with van der Waals surface area (Å²) in [5.74, 6) is 1.61. The van der Waals surface area contributed by atoms with E-state index in [9.17, 15) is 4.79 Å². The van der Waals surface area contributed by atoms with Gasteiger partial charge in [-0.2, -0.15) is 0 Å². The molecule has 1 amide bonds. The van der Waals surface area contributed by atoms with Crippen LogP contribution in [0.4, 0.5) is 5.69 Å². The molecule has 6 nitrogen and oxygen atoms in total. The summed E-state index contributed by atoms with van der Waals surface area (Å²) in [5.41, 5.74) is 0.662. The number of aromatic nitrogens is 3. The summed E-state index contributed by atoms with van der Waals surface area (Å²) < 4.78 is 7.44. The molecule has 0 aliphatic heterocycles. The van der Waals surface area contributed by atoms with Crippen molar-refractivity contribution in [2.75, 3.05) is 11.1 Å². The van der Waals surface area contributed by atoms with Gasteiger partial charge in [-0.15, -0.1) is 21.5 Å². The van der Waals surface area contributed by atoms with E-state index >= 15 is 0 Å². The van der Waals surface area contributed by atoms with E-state index < -0.39 is 0 Å². The van der Waals surface area contributed by atoms with Crippen LogP contribution < -0.4 is 5.32 Å². The number of rotatable bonds is 7. The van der Waals surface area contributed by atoms with Crippen LogP contribution in [0.3, 0.4) is 0 Å². The Labute approximate surface area is 174 Å². The van der Waals surface area contributed by atoms with Crippen molar-refractivity contribution in [3.63, 3.8) is 0 Å². The summed E-state index contributed by atoms with van der Waals surface area (Å²) in [4.78, 5) is 13.3. The Morgan fingerprint density at radius 3 is 2.89 bits per heavy atom. The Morgan fingerprint density at radius 1 is 1.21 bits per heavy atom. The number of carbonyl (C=O) groups excluding carboxylic acids is 1. The summed E-state index contributed by atoms with van der Waals surface area (Å²) >= 11 is 8.87. The van der Waals surface area contributed by atoms with Gasteiger partial charge >= 0.3 is 0 Å². The zero-order valence-corrected chi connectivity index (χ0v) is 16.9. The molecule has 0 fully saturated rings. The highest BCUT2D eigenvalue weighted by Gasteiger charge is 2.17. The van der Waals surface area contributed by atoms with Gasteiger partial charge < -0.3 is 9.73 Å². The molecule has 0 atom stereocenters. The Hall–Kier alpha value is -2.55. The van der Waals surface area contributed by atoms with Crippen LogP contribution in [0.1, 0.15) is 5.76 Å². The number of hydrogen-bond donors (Lipinski definition) is 1. The number of anilines is 1. The zero-order chi connectivity index (χ0) is 19.3. The van der Waals surface area contributed by atoms with Crippen molar-refractivity contribution in [1.29, 1.82) is 0 Å². The van der Waals surface area contributed by atoms with Crippen molar-refractivity contribution in [2.24, 2.45) is 0 Å². The molecule has 0 aliphatic carbocycles. The molecule has 0 bridgehead atoms. The standard InChI is InChI=1S/C19H15ClN4O2S2/c20-13-4-1-5-14(10-13)21-17(25)12-28-19-23-22-18(16-7-3-9-27-16)24(19)11-15-6-2-8-26-15/h1-10H,11-12H2,(H,21,25). The molecule has 1 N–H and O–H groups in total. The van der Waals surface area contributed by atoms with E-state index in [1.807, 2.05) is 34.2 Å². The van der Waals surface area contributed by atoms with Gasteiger partial charge in [0.25, 0.3) is 0 Å². The molecule has 0 unspecified atom stereocenters. The molecule has 9 heteroatoms. The Morgan fingerprint density at radius 2 is 2.14 bits per heavy atom. The van der Waals surface area contributed by atoms with Crippen molar-refractivity contribution in [2.45, 2.75) is 11.7 Å². The highest BCUT2D eigenvalue weighted by Crippen LogP contribution is 2.28. The van der Waals surface area contributed by atoms with Crippen LogP contribution in [0.5, 0.6) is 0 Å². The van der Waals surface area contributed by atoms with Crippen LogP contribution in [0.15, 0.2) is 69.7 Å². The largest absolute Gasteiger partial charge is 0.467 e. The molecule has 3 aromatic heterocycles. The predicted molar refractivity (Wildman–Crippen MR) is 112 cm³/mol. The number of thioether (sulfide) groups is 1. The summed E-state index contributed by atoms with van der Waals surface area (Å²) in [6, 6.07) is 14.8. The number of benzene rings is 1. The number of carbonyl (C=O) groups is 1. The molecule has 4 rings (SSSR count). The second-order valence-electron chi connectivity index (χ2n) is 5.80. The molecule has 1 aromatic carbocycles. The average molecular weight is 431 g/mol. The quantitative estimate of drug-likeness (QED) is 0.416. The third-order valence-corrected chi connectivity index (χ3v) is 5.86. The first-order chi connectivity index (χ1) is 13.7. The highest BCUT2D eigenvalue weighted by molar-refractivity contribution is 7.99. The van der Waals surface area contributed by atoms with Gasteiger partial charge in [-0.1, -0.05) is 35.5 Å². The fraction of sp³-hybridized carbons (Fsp3) is 0.105. The average Bonchev–Trinajstić information content (AvgIpc) is 3.43. The molecule has 142 valence electrons. The SMILES string of the molecule is O=C(CSc1nnc(-c2cccs2)n1Cc1ccco1)Nc1cccc(Cl)c1. The predicted octanol–water partition coefficient (Wildman–Crippen LogP) is 5.03. The van der Waals surface area contributed by atoms with Crippen LogP contribution in [-0.4, -0.2) is 26.4 Å². The van der Waals surface area contributed by atoms with Crippen LogP contribution in [0, 0.1) is 0 Å². The number of halogens is 1. The maximum Gasteiger partial charge on any atom is 0.234 e. The van der Waals surface area contributed by atoms with Crippen LogP contribution >= 0.6 is 34.7 Å². The second kappa shape index (κ2) is 8.64. The van der Waals surface area contributed by atoms with Crippen LogP contribution in [0.25, 0.3) is 10.7 Å². The summed E-state index contributed by atoms with van der Waals surface area (Å²) in [7, 11) is 0. The molecule has 3 heterocycles. The number of nitrogens with zero attached hydrogens (tertiary/aromatic N) is 3. The van der Waals surface area contributed by atoms with Crippen molar-refractivity contribution >= 4 is 46.3 Å². The normalized spacial score (nSPS) is 10.9. The first-order valence-corrected chi connectivity index (χ1v) is 10.6. The minimum absolute atomic E-state index is 0.141. The van der Waals surface area contributed by atoms with Crippen molar-refractivity contribution < 1.29 is 9.21 Å². The minimum atomic E-state index is -0.141. The monoisotopic (exact) mass is 430 g/mol. The molecule has 0 saturated heterocycles. The maximum atomic E-state index is 12.3. The molecule has 28 heavy (non-hydrogen) atoms. The third-order valence-electron chi connectivity index (χ3n) is 3.79. The molecule has 4 aromatic rings. The molecule has 0 saturated carbocycles. The number of hydrogen-bond acceptors (Lipinski definition) is 6. The van der Waals surface area contributed by atoms with Crippen molar-refractivity contribution in [1.82, 2.24) is 14.8 Å². The van der Waals surface area contributed by atoms with Crippen molar-refractivity contribution in [3.8, 4) is 10.7 Å². The lowest BCUT2D eigenvalue weighted by Gasteiger charge is -2.08. The Balaban J connectivity index is 1.50. The van der Waals surface area contributed by atoms with E-state index in [1.165, 1.54) is 11.8 Å². The molecule has 0 radical (unpaired) electrons. The van der Waals surface area contributed by atoms with E-state index in [2.05, 4.69) is 15.5 Å². The first kappa shape index (κ1) is 18.8. The number of furan rings is 1. The lowest BCUT2D eigenvalue weighted by molar-refractivity contribution is -0.113. The summed E-state index contributed by atoms with van der Waals surface area (Å²) in [5, 5.41) is 14.7. The number of amides is 1. The Kier molecular flexibility index (Phi) is 5.80. The summed E-state index contributed by atoms with van der Waals surface area (Å²) in [6.07, 6.45) is 1.63. The van der Waals surface area contributed by atoms with Gasteiger partial charge in [0, 0.05) is 10.7 Å². The van der Waals surface area contributed by atoms with Gasteiger partial charge in [-0.25, -0.2) is 0 Å². The second-order valence-corrected chi connectivity index (χ2v) is 8.12. The van der Waals surface area contributed by atoms with Gasteiger partial charge in [0.15, 0.2) is 11.0 Å². The molecular formula is C19H15ClN4O2S2. The fourth-order valence-corrected chi connectivity index (χ4v) is 4.22. The van der Waals surface area contributed by atoms with Gasteiger partial charge in [0.05, 0.1) is 23.4 Å². The van der Waals surface area contributed by atoms with Crippen molar-refractivity contribution in [3.05, 3.63) is 71.0 Å². The number of thiophene rings is 1. The molecular weight excluding hydrogens is 416 g/mol. The topological polar surface area (TPSA) is 73.0 Å². The lowest BCUT2D eigenvalue weighted by atomic mass is 10.3. The van der Waals surface area contributed by atoms with E-state index in [0.717, 1.165) is 16.5 Å². The zero-order valence-electron chi connectivity index (χ0n) is 14.5. The molecule has 0 aliphatic rings. The smallest absolute Gasteiger partial charge is 0.234 e. The fourth-order valence-electron chi connectivity index (χ4n) is 2.58. The van der Waals surface area contributed by atoms with E-state index in [4.69, 9.17) is 16.0 Å². The van der Waals surface area contributed by atoms with E-state index in [0.29, 0.717) is 22.4 Å². The van der Waals surface area contributed by atoms with E-state index in [-0.39, 0.29) is 11.7 Å². The summed E-state index contributed by atoms with van der Waals surface area (Å²) in [6.45, 7) is 0.492. The third kappa shape index (κ3) is 4.46. The van der Waals surface area contributed by atoms with Gasteiger partial charge in [-0.05, 0) is 41.8 Å². The van der Waals surface area contributed by atoms with E-state index in [1.54, 1.807) is 41.9 Å². The first-order valence-electron chi connectivity index (χ1n) is 8.37. The maximum absolute atomic E-state index is 12.3. The lowest BCUT2D eigenvalue weighted by Crippen LogP contribution is -2.14. The Bertz CT molecular complexity index is 1060. The minimum Gasteiger partial charge on any atom is -0.467 e. The van der Waals surface area contributed by atoms with Gasteiger partial charge in [0.1, 0.15) is 5.76 Å². The highest BCUT2D eigenvalue weighted by atomic mass is 35.5. The molecule has 0 spiro atoms. The van der Waals surface area contributed by atoms with Crippen LogP contribution in [0.2, 0.25) is 5.02 Å².